The first-order valence-electron chi connectivity index (χ1n) is 9.90. The number of halogens is 1. The van der Waals surface area contributed by atoms with Gasteiger partial charge in [0.05, 0.1) is 19.8 Å². The van der Waals surface area contributed by atoms with E-state index in [-0.39, 0.29) is 17.0 Å². The number of likely N-dealkylation sites (tertiary alicyclic amines) is 1. The summed E-state index contributed by atoms with van der Waals surface area (Å²) in [4.78, 5) is 20.3. The lowest BCUT2D eigenvalue weighted by atomic mass is 9.80. The zero-order chi connectivity index (χ0) is 20.7. The molecule has 0 saturated carbocycles. The van der Waals surface area contributed by atoms with Crippen molar-refractivity contribution < 1.29 is 18.8 Å². The van der Waals surface area contributed by atoms with Gasteiger partial charge in [0.2, 0.25) is 5.91 Å². The molecule has 7 nitrogen and oxygen atoms in total. The highest BCUT2D eigenvalue weighted by atomic mass is 19.1. The molecular weight excluding hydrogens is 375 g/mol. The molecular formula is C21H29FN4O3. The predicted molar refractivity (Wildman–Crippen MR) is 108 cm³/mol. The summed E-state index contributed by atoms with van der Waals surface area (Å²) in [7, 11) is 1.67. The molecule has 0 spiro atoms. The van der Waals surface area contributed by atoms with Gasteiger partial charge < -0.3 is 9.64 Å². The normalized spacial score (nSPS) is 16.7. The molecule has 0 unspecified atom stereocenters. The molecule has 1 saturated heterocycles. The number of hydrogen-bond donors (Lipinski definition) is 0. The van der Waals surface area contributed by atoms with Crippen molar-refractivity contribution in [3.8, 4) is 0 Å². The number of hydroxylamine groups is 1. The Bertz CT molecular complexity index is 776. The second-order valence-corrected chi connectivity index (χ2v) is 7.58. The van der Waals surface area contributed by atoms with Crippen molar-refractivity contribution in [2.75, 3.05) is 45.0 Å². The summed E-state index contributed by atoms with van der Waals surface area (Å²) >= 11 is 0. The Balaban J connectivity index is 1.59. The molecule has 2 aromatic rings. The van der Waals surface area contributed by atoms with E-state index < -0.39 is 5.82 Å². The maximum Gasteiger partial charge on any atom is 0.247 e. The minimum Gasteiger partial charge on any atom is -0.384 e. The maximum atomic E-state index is 14.1. The van der Waals surface area contributed by atoms with Crippen LogP contribution in [0.25, 0.3) is 0 Å². The molecule has 1 aliphatic heterocycles. The quantitative estimate of drug-likeness (QED) is 0.602. The minimum absolute atomic E-state index is 0.129. The van der Waals surface area contributed by atoms with Crippen molar-refractivity contribution >= 4 is 11.6 Å². The van der Waals surface area contributed by atoms with Crippen LogP contribution in [0.1, 0.15) is 19.8 Å². The Hall–Kier alpha value is -2.29. The number of para-hydroxylation sites is 1. The molecule has 1 aliphatic rings. The van der Waals surface area contributed by atoms with Gasteiger partial charge in [-0.25, -0.2) is 4.39 Å². The Labute approximate surface area is 170 Å². The van der Waals surface area contributed by atoms with Crippen molar-refractivity contribution in [1.29, 1.82) is 0 Å². The number of hydrogen-bond acceptors (Lipinski definition) is 5. The molecule has 29 heavy (non-hydrogen) atoms. The fourth-order valence-electron chi connectivity index (χ4n) is 3.71. The first-order valence-corrected chi connectivity index (χ1v) is 9.90. The summed E-state index contributed by atoms with van der Waals surface area (Å²) in [6.07, 6.45) is 5.51. The zero-order valence-electron chi connectivity index (χ0n) is 17.1. The molecule has 1 fully saturated rings. The van der Waals surface area contributed by atoms with E-state index in [9.17, 15) is 9.18 Å². The summed E-state index contributed by atoms with van der Waals surface area (Å²) in [5, 5.41) is 5.29. The van der Waals surface area contributed by atoms with E-state index in [1.54, 1.807) is 25.4 Å². The second-order valence-electron chi connectivity index (χ2n) is 7.58. The van der Waals surface area contributed by atoms with Crippen LogP contribution in [0.15, 0.2) is 42.7 Å². The van der Waals surface area contributed by atoms with Crippen LogP contribution in [-0.2, 0) is 20.9 Å². The number of rotatable bonds is 9. The lowest BCUT2D eigenvalue weighted by Crippen LogP contribution is -2.47. The summed E-state index contributed by atoms with van der Waals surface area (Å²) in [6, 6.07) is 8.05. The number of carbonyl (C=O) groups is 1. The molecule has 3 rings (SSSR count). The van der Waals surface area contributed by atoms with Crippen molar-refractivity contribution in [3.05, 3.63) is 48.5 Å². The SMILES string of the molecule is COCC1(CON(C(C)=O)c2ccccc2F)CCN(CCn2cccn2)CC1. The molecule has 1 aromatic carbocycles. The van der Waals surface area contributed by atoms with Gasteiger partial charge in [0, 0.05) is 38.4 Å². The van der Waals surface area contributed by atoms with Crippen LogP contribution >= 0.6 is 0 Å². The van der Waals surface area contributed by atoms with Crippen LogP contribution in [0.3, 0.4) is 0 Å². The lowest BCUT2D eigenvalue weighted by molar-refractivity contribution is -0.127. The molecule has 0 atom stereocenters. The van der Waals surface area contributed by atoms with Gasteiger partial charge in [0.25, 0.3) is 0 Å². The third kappa shape index (κ3) is 5.62. The van der Waals surface area contributed by atoms with Gasteiger partial charge >= 0.3 is 0 Å². The highest BCUT2D eigenvalue weighted by Crippen LogP contribution is 2.33. The zero-order valence-corrected chi connectivity index (χ0v) is 17.1. The van der Waals surface area contributed by atoms with E-state index in [1.165, 1.54) is 19.1 Å². The number of piperidine rings is 1. The fraction of sp³-hybridized carbons (Fsp3) is 0.524. The standard InChI is InChI=1S/C21H29FN4O3/c1-18(27)26(20-7-4-3-6-19(20)22)29-17-21(16-28-2)8-12-24(13-9-21)14-15-25-11-5-10-23-25/h3-7,10-11H,8-9,12-17H2,1-2H3. The summed E-state index contributed by atoms with van der Waals surface area (Å²) < 4.78 is 21.6. The topological polar surface area (TPSA) is 59.8 Å². The van der Waals surface area contributed by atoms with Crippen LogP contribution in [0.5, 0.6) is 0 Å². The van der Waals surface area contributed by atoms with E-state index in [1.807, 2.05) is 16.9 Å². The first kappa shape index (κ1) is 21.4. The second kappa shape index (κ2) is 9.96. The van der Waals surface area contributed by atoms with Crippen LogP contribution in [0, 0.1) is 11.2 Å². The van der Waals surface area contributed by atoms with Crippen LogP contribution in [0.4, 0.5) is 10.1 Å². The molecule has 0 N–H and O–H groups in total. The Morgan fingerprint density at radius 3 is 2.59 bits per heavy atom. The number of ether oxygens (including phenoxy) is 1. The molecule has 0 aliphatic carbocycles. The number of methoxy groups -OCH3 is 1. The van der Waals surface area contributed by atoms with Crippen molar-refractivity contribution in [2.45, 2.75) is 26.3 Å². The Kier molecular flexibility index (Phi) is 7.35. The largest absolute Gasteiger partial charge is 0.384 e. The summed E-state index contributed by atoms with van der Waals surface area (Å²) in [5.41, 5.74) is -0.0835. The van der Waals surface area contributed by atoms with Crippen molar-refractivity contribution in [1.82, 2.24) is 14.7 Å². The molecule has 158 valence electrons. The van der Waals surface area contributed by atoms with Crippen molar-refractivity contribution in [2.24, 2.45) is 5.41 Å². The smallest absolute Gasteiger partial charge is 0.247 e. The first-order chi connectivity index (χ1) is 14.0. The molecule has 2 heterocycles. The van der Waals surface area contributed by atoms with Gasteiger partial charge in [-0.2, -0.15) is 10.2 Å². The van der Waals surface area contributed by atoms with E-state index >= 15 is 0 Å². The fourth-order valence-corrected chi connectivity index (χ4v) is 3.71. The Morgan fingerprint density at radius 1 is 1.21 bits per heavy atom. The van der Waals surface area contributed by atoms with Crippen LogP contribution < -0.4 is 5.06 Å². The molecule has 0 bridgehead atoms. The minimum atomic E-state index is -0.489. The average Bonchev–Trinajstić information content (AvgIpc) is 3.23. The monoisotopic (exact) mass is 404 g/mol. The number of anilines is 1. The van der Waals surface area contributed by atoms with E-state index in [0.717, 1.165) is 44.1 Å². The van der Waals surface area contributed by atoms with Gasteiger partial charge in [-0.1, -0.05) is 12.1 Å². The van der Waals surface area contributed by atoms with Gasteiger partial charge in [-0.05, 0) is 44.1 Å². The molecule has 0 radical (unpaired) electrons. The highest BCUT2D eigenvalue weighted by molar-refractivity contribution is 5.89. The van der Waals surface area contributed by atoms with E-state index in [2.05, 4.69) is 10.00 Å². The average molecular weight is 404 g/mol. The van der Waals surface area contributed by atoms with Crippen molar-refractivity contribution in [3.63, 3.8) is 0 Å². The third-order valence-electron chi connectivity index (χ3n) is 5.43. The number of nitrogens with zero attached hydrogens (tertiary/aromatic N) is 4. The van der Waals surface area contributed by atoms with Gasteiger partial charge in [0.1, 0.15) is 11.5 Å². The van der Waals surface area contributed by atoms with Gasteiger partial charge in [-0.15, -0.1) is 0 Å². The van der Waals surface area contributed by atoms with Crippen LogP contribution in [-0.4, -0.2) is 60.5 Å². The number of amides is 1. The van der Waals surface area contributed by atoms with Crippen LogP contribution in [0.2, 0.25) is 0 Å². The van der Waals surface area contributed by atoms with Gasteiger partial charge in [0.15, 0.2) is 0 Å². The molecule has 1 aromatic heterocycles. The number of aromatic nitrogens is 2. The molecule has 8 heteroatoms. The predicted octanol–water partition coefficient (Wildman–Crippen LogP) is 2.74. The number of carbonyl (C=O) groups excluding carboxylic acids is 1. The van der Waals surface area contributed by atoms with E-state index in [0.29, 0.717) is 13.2 Å². The lowest BCUT2D eigenvalue weighted by Gasteiger charge is -2.41. The third-order valence-corrected chi connectivity index (χ3v) is 5.43. The highest BCUT2D eigenvalue weighted by Gasteiger charge is 2.36. The van der Waals surface area contributed by atoms with Gasteiger partial charge in [-0.3, -0.25) is 14.3 Å². The Morgan fingerprint density at radius 2 is 1.97 bits per heavy atom. The number of benzene rings is 1. The summed E-state index contributed by atoms with van der Waals surface area (Å²) in [5.74, 6) is -0.851. The maximum absolute atomic E-state index is 14.1. The summed E-state index contributed by atoms with van der Waals surface area (Å²) in [6.45, 7) is 5.80. The molecule has 1 amide bonds. The van der Waals surface area contributed by atoms with E-state index in [4.69, 9.17) is 9.57 Å².